The van der Waals surface area contributed by atoms with Crippen molar-refractivity contribution < 1.29 is 10.2 Å². The molecule has 0 amide bonds. The first kappa shape index (κ1) is 16.2. The fourth-order valence-corrected chi connectivity index (χ4v) is 3.81. The number of fused-ring (bicyclic) bond motifs is 1. The second kappa shape index (κ2) is 6.95. The van der Waals surface area contributed by atoms with Crippen molar-refractivity contribution in [1.82, 2.24) is 19.5 Å². The highest BCUT2D eigenvalue weighted by molar-refractivity contribution is 7.08. The zero-order chi connectivity index (χ0) is 17.2. The van der Waals surface area contributed by atoms with Gasteiger partial charge >= 0.3 is 0 Å². The van der Waals surface area contributed by atoms with E-state index in [1.54, 1.807) is 17.7 Å². The normalized spacial score (nSPS) is 17.5. The van der Waals surface area contributed by atoms with E-state index in [1.807, 2.05) is 21.4 Å². The van der Waals surface area contributed by atoms with E-state index in [2.05, 4.69) is 20.2 Å². The Morgan fingerprint density at radius 1 is 1.32 bits per heavy atom. The summed E-state index contributed by atoms with van der Waals surface area (Å²) in [6.07, 6.45) is 3.68. The smallest absolute Gasteiger partial charge is 0.229 e. The number of thiophene rings is 1. The van der Waals surface area contributed by atoms with Crippen LogP contribution in [-0.2, 0) is 0 Å². The molecule has 0 spiro atoms. The summed E-state index contributed by atoms with van der Waals surface area (Å²) in [5, 5.41) is 25.9. The molecule has 132 valence electrons. The van der Waals surface area contributed by atoms with Gasteiger partial charge in [-0.05, 0) is 24.3 Å². The molecule has 1 aliphatic heterocycles. The molecule has 4 rings (SSSR count). The monoisotopic (exact) mass is 360 g/mol. The van der Waals surface area contributed by atoms with Crippen LogP contribution in [0.4, 0.5) is 11.8 Å². The van der Waals surface area contributed by atoms with E-state index in [-0.39, 0.29) is 19.3 Å². The third-order valence-corrected chi connectivity index (χ3v) is 5.09. The topological polar surface area (TPSA) is 99.3 Å². The van der Waals surface area contributed by atoms with Gasteiger partial charge in [-0.15, -0.1) is 0 Å². The molecule has 3 aromatic rings. The predicted molar refractivity (Wildman–Crippen MR) is 97.6 cm³/mol. The van der Waals surface area contributed by atoms with Gasteiger partial charge in [0.05, 0.1) is 24.9 Å². The van der Waals surface area contributed by atoms with E-state index in [4.69, 9.17) is 10.1 Å². The average molecular weight is 360 g/mol. The van der Waals surface area contributed by atoms with Crippen LogP contribution in [-0.4, -0.2) is 62.1 Å². The molecular weight excluding hydrogens is 340 g/mol. The van der Waals surface area contributed by atoms with Gasteiger partial charge < -0.3 is 20.4 Å². The number of nitrogens with one attached hydrogen (secondary N) is 1. The van der Waals surface area contributed by atoms with Crippen molar-refractivity contribution in [3.8, 4) is 5.69 Å². The van der Waals surface area contributed by atoms with Crippen LogP contribution in [0.3, 0.4) is 0 Å². The highest BCUT2D eigenvalue weighted by Crippen LogP contribution is 2.28. The zero-order valence-corrected chi connectivity index (χ0v) is 14.5. The largest absolute Gasteiger partial charge is 0.395 e. The van der Waals surface area contributed by atoms with Crippen molar-refractivity contribution in [3.05, 3.63) is 23.2 Å². The number of imidazole rings is 1. The van der Waals surface area contributed by atoms with Gasteiger partial charge in [0.15, 0.2) is 17.0 Å². The molecule has 0 bridgehead atoms. The molecule has 0 radical (unpaired) electrons. The minimum absolute atomic E-state index is 0.00898. The van der Waals surface area contributed by atoms with Crippen LogP contribution in [0.25, 0.3) is 16.9 Å². The van der Waals surface area contributed by atoms with Gasteiger partial charge in [0.25, 0.3) is 0 Å². The molecule has 1 fully saturated rings. The quantitative estimate of drug-likeness (QED) is 0.608. The molecule has 1 saturated heterocycles. The molecule has 0 aromatic carbocycles. The van der Waals surface area contributed by atoms with Crippen LogP contribution >= 0.6 is 11.3 Å². The van der Waals surface area contributed by atoms with Crippen LogP contribution in [0.5, 0.6) is 0 Å². The van der Waals surface area contributed by atoms with Gasteiger partial charge in [-0.3, -0.25) is 4.57 Å². The Hall–Kier alpha value is -2.23. The summed E-state index contributed by atoms with van der Waals surface area (Å²) in [4.78, 5) is 15.9. The Bertz CT molecular complexity index is 850. The molecule has 3 N–H and O–H groups in total. The Labute approximate surface area is 148 Å². The van der Waals surface area contributed by atoms with Gasteiger partial charge in [0, 0.05) is 18.5 Å². The Balaban J connectivity index is 1.84. The summed E-state index contributed by atoms with van der Waals surface area (Å²) in [6, 6.07) is 2.06. The molecule has 1 unspecified atom stereocenters. The predicted octanol–water partition coefficient (Wildman–Crippen LogP) is 1.24. The standard InChI is InChI=1S/C16H20N6O2S/c23-6-4-17-14-13-15(22(10-18-13)12-3-7-25-9-12)20-16(19-14)21-5-1-2-11(21)8-24/h3,7,9-11,23-24H,1-2,4-6,8H2,(H,17,19,20). The van der Waals surface area contributed by atoms with Gasteiger partial charge in [-0.1, -0.05) is 0 Å². The number of hydrogen-bond donors (Lipinski definition) is 3. The first-order valence-electron chi connectivity index (χ1n) is 8.31. The number of nitrogens with zero attached hydrogens (tertiary/aromatic N) is 5. The summed E-state index contributed by atoms with van der Waals surface area (Å²) in [6.45, 7) is 1.31. The summed E-state index contributed by atoms with van der Waals surface area (Å²) >= 11 is 1.61. The highest BCUT2D eigenvalue weighted by Gasteiger charge is 2.27. The van der Waals surface area contributed by atoms with Gasteiger partial charge in [-0.2, -0.15) is 21.3 Å². The van der Waals surface area contributed by atoms with Crippen LogP contribution < -0.4 is 10.2 Å². The number of aromatic nitrogens is 4. The molecule has 8 nitrogen and oxygen atoms in total. The van der Waals surface area contributed by atoms with E-state index in [1.165, 1.54) is 0 Å². The molecule has 0 saturated carbocycles. The average Bonchev–Trinajstić information content (AvgIpc) is 3.38. The van der Waals surface area contributed by atoms with E-state index in [0.29, 0.717) is 29.5 Å². The van der Waals surface area contributed by atoms with Crippen LogP contribution in [0.2, 0.25) is 0 Å². The third kappa shape index (κ3) is 2.94. The minimum Gasteiger partial charge on any atom is -0.395 e. The first-order chi connectivity index (χ1) is 12.3. The number of hydrogen-bond acceptors (Lipinski definition) is 8. The zero-order valence-electron chi connectivity index (χ0n) is 13.7. The van der Waals surface area contributed by atoms with Crippen molar-refractivity contribution in [3.63, 3.8) is 0 Å². The highest BCUT2D eigenvalue weighted by atomic mass is 32.1. The molecule has 4 heterocycles. The van der Waals surface area contributed by atoms with Crippen molar-refractivity contribution in [2.75, 3.05) is 36.5 Å². The number of aliphatic hydroxyl groups excluding tert-OH is 2. The lowest BCUT2D eigenvalue weighted by Gasteiger charge is -2.23. The van der Waals surface area contributed by atoms with Crippen molar-refractivity contribution >= 4 is 34.3 Å². The molecule has 9 heteroatoms. The molecule has 1 atom stereocenters. The maximum atomic E-state index is 9.62. The second-order valence-corrected chi connectivity index (χ2v) is 6.74. The fraction of sp³-hybridized carbons (Fsp3) is 0.438. The van der Waals surface area contributed by atoms with Crippen molar-refractivity contribution in [1.29, 1.82) is 0 Å². The van der Waals surface area contributed by atoms with Gasteiger partial charge in [-0.25, -0.2) is 4.98 Å². The second-order valence-electron chi connectivity index (χ2n) is 5.96. The van der Waals surface area contributed by atoms with Crippen molar-refractivity contribution in [2.45, 2.75) is 18.9 Å². The lowest BCUT2D eigenvalue weighted by atomic mass is 10.2. The Kier molecular flexibility index (Phi) is 4.51. The number of aliphatic hydroxyl groups is 2. The maximum Gasteiger partial charge on any atom is 0.229 e. The van der Waals surface area contributed by atoms with E-state index in [0.717, 1.165) is 25.1 Å². The number of rotatable bonds is 6. The Morgan fingerprint density at radius 3 is 3.00 bits per heavy atom. The van der Waals surface area contributed by atoms with Crippen LogP contribution in [0.15, 0.2) is 23.2 Å². The molecule has 3 aromatic heterocycles. The fourth-order valence-electron chi connectivity index (χ4n) is 3.19. The van der Waals surface area contributed by atoms with Crippen LogP contribution in [0.1, 0.15) is 12.8 Å². The molecule has 25 heavy (non-hydrogen) atoms. The third-order valence-electron chi connectivity index (χ3n) is 4.42. The van der Waals surface area contributed by atoms with E-state index >= 15 is 0 Å². The summed E-state index contributed by atoms with van der Waals surface area (Å²) < 4.78 is 1.94. The lowest BCUT2D eigenvalue weighted by Crippen LogP contribution is -2.33. The molecular formula is C16H20N6O2S. The number of anilines is 2. The Morgan fingerprint density at radius 2 is 2.24 bits per heavy atom. The first-order valence-corrected chi connectivity index (χ1v) is 9.26. The molecule has 1 aliphatic rings. The minimum atomic E-state index is 0.00898. The SMILES string of the molecule is OCCNc1nc(N2CCCC2CO)nc2c1ncn2-c1ccsc1. The van der Waals surface area contributed by atoms with Crippen molar-refractivity contribution in [2.24, 2.45) is 0 Å². The molecule has 0 aliphatic carbocycles. The lowest BCUT2D eigenvalue weighted by molar-refractivity contribution is 0.265. The van der Waals surface area contributed by atoms with Gasteiger partial charge in [0.1, 0.15) is 6.33 Å². The maximum absolute atomic E-state index is 9.62. The van der Waals surface area contributed by atoms with Gasteiger partial charge in [0.2, 0.25) is 5.95 Å². The summed E-state index contributed by atoms with van der Waals surface area (Å²) in [5.74, 6) is 1.19. The summed E-state index contributed by atoms with van der Waals surface area (Å²) in [7, 11) is 0. The van der Waals surface area contributed by atoms with E-state index < -0.39 is 0 Å². The van der Waals surface area contributed by atoms with E-state index in [9.17, 15) is 5.11 Å². The van der Waals surface area contributed by atoms with Crippen LogP contribution in [0, 0.1) is 0 Å². The summed E-state index contributed by atoms with van der Waals surface area (Å²) in [5.41, 5.74) is 2.39.